The molecule has 4 N–H and O–H groups in total. The molecule has 4 aromatic carbocycles. The van der Waals surface area contributed by atoms with Crippen molar-refractivity contribution in [1.82, 2.24) is 49.1 Å². The quantitative estimate of drug-likeness (QED) is 0.0445. The fourth-order valence-corrected chi connectivity index (χ4v) is 17.6. The molecule has 0 saturated heterocycles. The smallest absolute Gasteiger partial charge is 0.435 e. The lowest BCUT2D eigenvalue weighted by molar-refractivity contribution is -0.143. The zero-order valence-electron chi connectivity index (χ0n) is 63.1. The minimum atomic E-state index is -5.07. The molecule has 0 unspecified atom stereocenters. The summed E-state index contributed by atoms with van der Waals surface area (Å²) in [7, 11) is -2.86. The molecular weight excluding hydrogens is 1660 g/mol. The van der Waals surface area contributed by atoms with Gasteiger partial charge in [-0.3, -0.25) is 28.3 Å². The molecule has 626 valence electrons. The van der Waals surface area contributed by atoms with Crippen molar-refractivity contribution >= 4 is 81.9 Å². The number of Topliss-reactive ketones (excluding diaryl/α,β-unsaturated/α-hetero) is 2. The lowest BCUT2D eigenvalue weighted by atomic mass is 9.86. The number of pyridine rings is 2. The van der Waals surface area contributed by atoms with Crippen molar-refractivity contribution < 1.29 is 103 Å². The second-order valence-corrected chi connectivity index (χ2v) is 36.0. The molecule has 10 aromatic rings. The van der Waals surface area contributed by atoms with Gasteiger partial charge in [-0.25, -0.2) is 44.4 Å². The number of rotatable bonds is 21. The maximum atomic E-state index is 15.5. The van der Waals surface area contributed by atoms with Crippen LogP contribution in [0.1, 0.15) is 164 Å². The summed E-state index contributed by atoms with van der Waals surface area (Å²) in [6.45, 7) is 3.61. The first-order valence-corrected chi connectivity index (χ1v) is 40.7. The molecule has 6 atom stereocenters. The molecule has 0 aliphatic heterocycles. The molecule has 2 fully saturated rings. The molecule has 4 aliphatic carbocycles. The van der Waals surface area contributed by atoms with Gasteiger partial charge in [0.15, 0.2) is 54.1 Å². The van der Waals surface area contributed by atoms with Gasteiger partial charge in [0.1, 0.15) is 64.6 Å². The van der Waals surface area contributed by atoms with E-state index in [-0.39, 0.29) is 122 Å². The first-order valence-electron chi connectivity index (χ1n) is 35.8. The van der Waals surface area contributed by atoms with Crippen LogP contribution in [-0.2, 0) is 105 Å². The van der Waals surface area contributed by atoms with E-state index >= 15 is 17.6 Å². The number of hydrogen-bond donors (Lipinski definition) is 3. The number of fused-ring (bicyclic) bond motifs is 8. The molecule has 4 aliphatic rings. The van der Waals surface area contributed by atoms with Gasteiger partial charge in [-0.1, -0.05) is 54.6 Å². The van der Waals surface area contributed by atoms with Crippen molar-refractivity contribution in [1.29, 1.82) is 0 Å². The number of anilines is 1. The molecule has 6 aromatic heterocycles. The summed E-state index contributed by atoms with van der Waals surface area (Å²) in [5.41, 5.74) is -0.900. The highest BCUT2D eigenvalue weighted by molar-refractivity contribution is 7.90. The first kappa shape index (κ1) is 87.3. The number of carbonyl (C=O) groups is 2. The van der Waals surface area contributed by atoms with Gasteiger partial charge < -0.3 is 20.7 Å². The van der Waals surface area contributed by atoms with E-state index in [1.807, 2.05) is 0 Å². The third-order valence-corrected chi connectivity index (χ3v) is 22.5. The Balaban J connectivity index is 0.000000215. The molecule has 14 rings (SSSR count). The van der Waals surface area contributed by atoms with Crippen LogP contribution in [0.15, 0.2) is 72.8 Å². The van der Waals surface area contributed by atoms with E-state index in [0.29, 0.717) is 43.7 Å². The molecule has 0 amide bonds. The zero-order valence-corrected chi connectivity index (χ0v) is 66.3. The van der Waals surface area contributed by atoms with Crippen LogP contribution in [0.3, 0.4) is 0 Å². The molecule has 6 heterocycles. The van der Waals surface area contributed by atoms with Gasteiger partial charge >= 0.3 is 12.4 Å². The number of aliphatic hydroxyl groups is 2. The number of carbonyl (C=O) groups excluding carboxylic acids is 2. The lowest BCUT2D eigenvalue weighted by Crippen LogP contribution is -2.24. The molecule has 2 saturated carbocycles. The number of alkyl halides is 10. The number of halogens is 16. The van der Waals surface area contributed by atoms with E-state index < -0.39 is 197 Å². The Hall–Kier alpha value is -9.98. The third kappa shape index (κ3) is 17.8. The Morgan fingerprint density at radius 1 is 0.585 bits per heavy atom. The van der Waals surface area contributed by atoms with Crippen LogP contribution in [0.4, 0.5) is 67.2 Å². The number of ether oxygens (including phenoxy) is 1. The van der Waals surface area contributed by atoms with E-state index in [2.05, 4.69) is 44.1 Å². The Morgan fingerprint density at radius 2 is 0.949 bits per heavy atom. The van der Waals surface area contributed by atoms with Crippen molar-refractivity contribution in [3.05, 3.63) is 185 Å². The number of methoxy groups -OCH3 is 1. The Morgan fingerprint density at radius 3 is 1.31 bits per heavy atom. The van der Waals surface area contributed by atoms with Crippen molar-refractivity contribution in [3.63, 3.8) is 0 Å². The van der Waals surface area contributed by atoms with E-state index in [9.17, 15) is 80.5 Å². The average Bonchev–Trinajstić information content (AvgIpc) is 1.52. The Kier molecular flexibility index (Phi) is 22.9. The predicted octanol–water partition coefficient (Wildman–Crippen LogP) is 15.5. The largest absolute Gasteiger partial charge is 0.494 e. The number of sulfone groups is 2. The first-order chi connectivity index (χ1) is 54.2. The SMILES string of the molecule is C.COc1cc(-c2ccc(Cl)c3c(CS(C)(=O)=O)nn(C)c23)c([C@@H](CC(=O)Cn2nc(C(F)(F)F)c3c2C(F)(F)[C@@H]2C[C@H]32)Cc2cc(F)cc(F)c2)nc1C#CC(C)(C)O.Cn1nc(CS(C)(=O)=O)c2c(Cl)ccc(-c3cc(N)c(C#CC(C)(C)O)nc3[C@@H](CC(=O)Cn3nc(C(F)(F)F)c4c3C(F)(F)[C@@H]3C[C@H]43)Cc3cc(F)cc(F)c3)c21. The highest BCUT2D eigenvalue weighted by Crippen LogP contribution is 2.70. The van der Waals surface area contributed by atoms with Crippen LogP contribution in [0, 0.1) is 58.8 Å². The zero-order chi connectivity index (χ0) is 85.6. The van der Waals surface area contributed by atoms with Crippen molar-refractivity contribution in [2.75, 3.05) is 25.4 Å². The van der Waals surface area contributed by atoms with E-state index in [1.54, 1.807) is 12.1 Å². The molecule has 0 radical (unpaired) electrons. The minimum Gasteiger partial charge on any atom is -0.494 e. The number of nitrogens with zero attached hydrogens (tertiary/aromatic N) is 10. The molecule has 118 heavy (non-hydrogen) atoms. The summed E-state index contributed by atoms with van der Waals surface area (Å²) >= 11 is 13.3. The van der Waals surface area contributed by atoms with E-state index in [1.165, 1.54) is 82.5 Å². The second-order valence-electron chi connectivity index (χ2n) is 30.9. The fraction of sp³-hybridized carbons (Fsp3) is 0.400. The van der Waals surface area contributed by atoms with Crippen LogP contribution in [0.2, 0.25) is 10.0 Å². The Labute approximate surface area is 675 Å². The number of benzene rings is 4. The topological polar surface area (TPSA) is 275 Å². The molecular formula is C80H73Cl2F14N11O9S2. The van der Waals surface area contributed by atoms with Gasteiger partial charge in [0.25, 0.3) is 11.8 Å². The summed E-state index contributed by atoms with van der Waals surface area (Å²) in [5, 5.41) is 37.4. The monoisotopic (exact) mass is 1730 g/mol. The maximum Gasteiger partial charge on any atom is 0.435 e. The van der Waals surface area contributed by atoms with E-state index in [4.69, 9.17) is 43.6 Å². The number of ketones is 2. The third-order valence-electron chi connectivity index (χ3n) is 20.3. The summed E-state index contributed by atoms with van der Waals surface area (Å²) in [5.74, 6) is -10.3. The van der Waals surface area contributed by atoms with Gasteiger partial charge in [-0.15, -0.1) is 0 Å². The van der Waals surface area contributed by atoms with Crippen molar-refractivity contribution in [3.8, 4) is 51.7 Å². The molecule has 38 heteroatoms. The second kappa shape index (κ2) is 31.0. The van der Waals surface area contributed by atoms with Crippen LogP contribution < -0.4 is 10.5 Å². The van der Waals surface area contributed by atoms with E-state index in [0.717, 1.165) is 36.8 Å². The normalized spacial score (nSPS) is 17.6. The van der Waals surface area contributed by atoms with Gasteiger partial charge in [-0.2, -0.15) is 64.3 Å². The number of hydrogen-bond acceptors (Lipinski definition) is 16. The number of aromatic nitrogens is 10. The van der Waals surface area contributed by atoms with Gasteiger partial charge in [0.05, 0.1) is 68.2 Å². The standard InChI is InChI=1S/C40H35ClF7N5O5S.C39H34ClF7N6O4S.CH4/c1-38(2,55)9-8-29-31(58-4)16-25(24-6-7-28(41)33-30(18-59(5,56)57)50-52(3)35(24)33)34(49-29)20(10-19-11-21(42)14-22(43)12-19)13-23(54)17-53-37-32(36(51-53)40(46,47)48)26-15-27(26)39(37,44)45;1-37(2,55)8-7-29-28(48)15-24(23-5-6-27(40)32-30(17-58(4,56)57)50-52(3)34(23)32)33(49-29)19(9-18-10-20(41)13-21(42)11-18)12-22(54)16-53-36-31(35(51-53)39(45,46)47)25-14-26(25)38(36,43)44;/h6-7,11-12,14,16,20,26-27,55H,10,13,15,17-18H2,1-5H3;5-6,10-11,13,15,19,25-26,55H,9,12,14,16-17,48H2,1-4H3;1H4/t20-,26+,27-;19-,25+,26-;/m11./s1. The summed E-state index contributed by atoms with van der Waals surface area (Å²) in [4.78, 5) is 37.7. The predicted molar refractivity (Wildman–Crippen MR) is 408 cm³/mol. The summed E-state index contributed by atoms with van der Waals surface area (Å²) in [6.07, 6.45) is -10.3. The van der Waals surface area contributed by atoms with Gasteiger partial charge in [0, 0.05) is 119 Å². The van der Waals surface area contributed by atoms with Crippen LogP contribution in [0.5, 0.6) is 5.75 Å². The minimum absolute atomic E-state index is 0. The number of nitrogens with two attached hydrogens (primary N) is 1. The van der Waals surface area contributed by atoms with Gasteiger partial charge in [-0.05, 0) is 137 Å². The van der Waals surface area contributed by atoms with Crippen LogP contribution >= 0.6 is 23.2 Å². The van der Waals surface area contributed by atoms with Crippen molar-refractivity contribution in [2.45, 2.75) is 157 Å². The summed E-state index contributed by atoms with van der Waals surface area (Å²) < 4.78 is 264. The number of aryl methyl sites for hydroxylation is 2. The van der Waals surface area contributed by atoms with Crippen LogP contribution in [-0.4, -0.2) is 119 Å². The average molecular weight is 1730 g/mol. The molecule has 20 nitrogen and oxygen atoms in total. The molecule has 0 spiro atoms. The molecule has 0 bridgehead atoms. The maximum absolute atomic E-state index is 15.5. The van der Waals surface area contributed by atoms with Crippen molar-refractivity contribution in [2.24, 2.45) is 25.9 Å². The Bertz CT molecular complexity index is 6140. The van der Waals surface area contributed by atoms with Crippen LogP contribution in [0.25, 0.3) is 44.1 Å². The highest BCUT2D eigenvalue weighted by atomic mass is 35.5. The number of nitrogen functional groups attached to an aromatic ring is 1. The fourth-order valence-electron chi connectivity index (χ4n) is 15.7. The summed E-state index contributed by atoms with van der Waals surface area (Å²) in [6, 6.07) is 14.3. The van der Waals surface area contributed by atoms with Gasteiger partial charge in [0.2, 0.25) is 0 Å². The highest BCUT2D eigenvalue weighted by Gasteiger charge is 2.70. The lowest BCUT2D eigenvalue weighted by Gasteiger charge is -2.22.